The van der Waals surface area contributed by atoms with Crippen LogP contribution in [0, 0.1) is 6.92 Å². The molecule has 7 nitrogen and oxygen atoms in total. The van der Waals surface area contributed by atoms with Gasteiger partial charge in [-0.15, -0.1) is 0 Å². The zero-order valence-electron chi connectivity index (χ0n) is 16.4. The average molecular weight is 408 g/mol. The third-order valence-corrected chi connectivity index (χ3v) is 6.22. The van der Waals surface area contributed by atoms with Crippen molar-refractivity contribution in [1.29, 1.82) is 0 Å². The molecule has 2 N–H and O–H groups in total. The van der Waals surface area contributed by atoms with Crippen molar-refractivity contribution in [1.82, 2.24) is 15.5 Å². The number of hydrogen-bond donors (Lipinski definition) is 2. The number of likely N-dealkylation sites (tertiary alicyclic amines) is 1. The molecule has 3 rings (SSSR count). The van der Waals surface area contributed by atoms with Crippen LogP contribution < -0.4 is 15.4 Å². The van der Waals surface area contributed by atoms with Gasteiger partial charge in [0.1, 0.15) is 11.3 Å². The minimum Gasteiger partial charge on any atom is -0.495 e. The Hall–Kier alpha value is -2.28. The maximum atomic E-state index is 12.6. The lowest BCUT2D eigenvalue weighted by molar-refractivity contribution is -0.133. The normalized spacial score (nSPS) is 22.8. The van der Waals surface area contributed by atoms with Gasteiger partial charge in [-0.2, -0.15) is 0 Å². The van der Waals surface area contributed by atoms with Crippen LogP contribution in [0.4, 0.5) is 4.79 Å². The first-order valence-corrected chi connectivity index (χ1v) is 9.86. The van der Waals surface area contributed by atoms with E-state index in [0.717, 1.165) is 18.4 Å². The molecule has 1 aromatic rings. The number of aryl methyl sites for hydroxylation is 1. The molecular weight excluding hydrogens is 382 g/mol. The van der Waals surface area contributed by atoms with Crippen molar-refractivity contribution >= 4 is 29.4 Å². The number of rotatable bonds is 5. The molecule has 0 radical (unpaired) electrons. The van der Waals surface area contributed by atoms with Gasteiger partial charge in [0.25, 0.3) is 5.91 Å². The number of nitrogens with one attached hydrogen (secondary N) is 2. The van der Waals surface area contributed by atoms with Gasteiger partial charge in [-0.25, -0.2) is 4.79 Å². The number of carbonyl (C=O) groups is 3. The second-order valence-electron chi connectivity index (χ2n) is 7.75. The standard InChI is InChI=1S/C20H26ClN3O4/c1-12-10-14(11-15(28-3)17(12)21)13-5-8-24(9-6-13)16(25)4-7-20(2)18(26)22-19(27)23-20/h10-11,13H,4-9H2,1-3H3,(H2,22,23,26,27)/t20-/m1/s1. The molecular formula is C20H26ClN3O4. The lowest BCUT2D eigenvalue weighted by atomic mass is 9.88. The summed E-state index contributed by atoms with van der Waals surface area (Å²) in [5, 5.41) is 5.45. The number of piperidine rings is 1. The Morgan fingerprint density at radius 1 is 1.32 bits per heavy atom. The van der Waals surface area contributed by atoms with Crippen molar-refractivity contribution in [3.05, 3.63) is 28.3 Å². The summed E-state index contributed by atoms with van der Waals surface area (Å²) < 4.78 is 5.36. The van der Waals surface area contributed by atoms with Crippen LogP contribution in [0.5, 0.6) is 5.75 Å². The van der Waals surface area contributed by atoms with Crippen LogP contribution in [0.1, 0.15) is 49.7 Å². The zero-order valence-corrected chi connectivity index (χ0v) is 17.2. The third kappa shape index (κ3) is 4.09. The number of carbonyl (C=O) groups excluding carboxylic acids is 3. The van der Waals surface area contributed by atoms with Gasteiger partial charge in [0, 0.05) is 19.5 Å². The Balaban J connectivity index is 1.55. The first kappa shape index (κ1) is 20.5. The van der Waals surface area contributed by atoms with Gasteiger partial charge in [-0.05, 0) is 56.2 Å². The number of nitrogens with zero attached hydrogens (tertiary/aromatic N) is 1. The van der Waals surface area contributed by atoms with Crippen molar-refractivity contribution < 1.29 is 19.1 Å². The first-order valence-electron chi connectivity index (χ1n) is 9.49. The summed E-state index contributed by atoms with van der Waals surface area (Å²) in [5.74, 6) is 0.668. The molecule has 2 aliphatic rings. The fourth-order valence-electron chi connectivity index (χ4n) is 3.88. The highest BCUT2D eigenvalue weighted by Crippen LogP contribution is 2.36. The van der Waals surface area contributed by atoms with Crippen LogP contribution in [-0.4, -0.2) is 48.5 Å². The minimum atomic E-state index is -1.01. The number of methoxy groups -OCH3 is 1. The lowest BCUT2D eigenvalue weighted by Crippen LogP contribution is -2.45. The Labute approximate surface area is 169 Å². The Morgan fingerprint density at radius 3 is 2.57 bits per heavy atom. The van der Waals surface area contributed by atoms with E-state index < -0.39 is 11.6 Å². The Bertz CT molecular complexity index is 805. The zero-order chi connectivity index (χ0) is 20.5. The molecule has 2 saturated heterocycles. The fraction of sp³-hybridized carbons (Fsp3) is 0.550. The second-order valence-corrected chi connectivity index (χ2v) is 8.13. The van der Waals surface area contributed by atoms with Gasteiger partial charge in [0.15, 0.2) is 0 Å². The number of benzene rings is 1. The van der Waals surface area contributed by atoms with Crippen LogP contribution >= 0.6 is 11.6 Å². The number of hydrogen-bond acceptors (Lipinski definition) is 4. The molecule has 0 spiro atoms. The number of amides is 4. The Morgan fingerprint density at radius 2 is 2.00 bits per heavy atom. The van der Waals surface area contributed by atoms with E-state index in [2.05, 4.69) is 16.7 Å². The van der Waals surface area contributed by atoms with Gasteiger partial charge in [0.05, 0.1) is 12.1 Å². The van der Waals surface area contributed by atoms with Crippen LogP contribution in [0.15, 0.2) is 12.1 Å². The molecule has 0 aliphatic carbocycles. The van der Waals surface area contributed by atoms with Gasteiger partial charge in [-0.3, -0.25) is 14.9 Å². The summed E-state index contributed by atoms with van der Waals surface area (Å²) in [6.07, 6.45) is 2.24. The van der Waals surface area contributed by atoms with E-state index in [-0.39, 0.29) is 24.7 Å². The molecule has 0 unspecified atom stereocenters. The second kappa shape index (κ2) is 7.99. The molecule has 1 atom stereocenters. The molecule has 0 saturated carbocycles. The van der Waals surface area contributed by atoms with E-state index in [0.29, 0.717) is 29.8 Å². The predicted molar refractivity (Wildman–Crippen MR) is 106 cm³/mol. The summed E-state index contributed by atoms with van der Waals surface area (Å²) in [4.78, 5) is 37.6. The molecule has 2 aliphatic heterocycles. The van der Waals surface area contributed by atoms with E-state index in [1.807, 2.05) is 17.9 Å². The van der Waals surface area contributed by atoms with Crippen LogP contribution in [0.25, 0.3) is 0 Å². The molecule has 4 amide bonds. The van der Waals surface area contributed by atoms with E-state index in [4.69, 9.17) is 16.3 Å². The molecule has 2 heterocycles. The molecule has 8 heteroatoms. The molecule has 1 aromatic carbocycles. The van der Waals surface area contributed by atoms with Crippen molar-refractivity contribution in [2.75, 3.05) is 20.2 Å². The highest BCUT2D eigenvalue weighted by atomic mass is 35.5. The van der Waals surface area contributed by atoms with Crippen molar-refractivity contribution in [3.63, 3.8) is 0 Å². The third-order valence-electron chi connectivity index (χ3n) is 5.74. The smallest absolute Gasteiger partial charge is 0.322 e. The first-order chi connectivity index (χ1) is 13.2. The fourth-order valence-corrected chi connectivity index (χ4v) is 4.07. The molecule has 0 bridgehead atoms. The topological polar surface area (TPSA) is 87.7 Å². The highest BCUT2D eigenvalue weighted by molar-refractivity contribution is 6.32. The summed E-state index contributed by atoms with van der Waals surface area (Å²) >= 11 is 6.26. The van der Waals surface area contributed by atoms with Crippen molar-refractivity contribution in [3.8, 4) is 5.75 Å². The predicted octanol–water partition coefficient (Wildman–Crippen LogP) is 2.74. The molecule has 2 fully saturated rings. The molecule has 28 heavy (non-hydrogen) atoms. The lowest BCUT2D eigenvalue weighted by Gasteiger charge is -2.33. The maximum absolute atomic E-state index is 12.6. The SMILES string of the molecule is COc1cc(C2CCN(C(=O)CC[C@@]3(C)NC(=O)NC3=O)CC2)cc(C)c1Cl. The maximum Gasteiger partial charge on any atom is 0.322 e. The monoisotopic (exact) mass is 407 g/mol. The number of halogens is 1. The van der Waals surface area contributed by atoms with Gasteiger partial charge >= 0.3 is 6.03 Å². The van der Waals surface area contributed by atoms with Gasteiger partial charge in [-0.1, -0.05) is 17.7 Å². The summed E-state index contributed by atoms with van der Waals surface area (Å²) in [6.45, 7) is 4.94. The van der Waals surface area contributed by atoms with Crippen molar-refractivity contribution in [2.24, 2.45) is 0 Å². The Kier molecular flexibility index (Phi) is 5.84. The van der Waals surface area contributed by atoms with E-state index in [1.165, 1.54) is 5.56 Å². The highest BCUT2D eigenvalue weighted by Gasteiger charge is 2.42. The number of ether oxygens (including phenoxy) is 1. The number of imide groups is 1. The van der Waals surface area contributed by atoms with E-state index >= 15 is 0 Å². The van der Waals surface area contributed by atoms with Gasteiger partial charge < -0.3 is 15.0 Å². The number of urea groups is 1. The van der Waals surface area contributed by atoms with Crippen LogP contribution in [0.2, 0.25) is 5.02 Å². The summed E-state index contributed by atoms with van der Waals surface area (Å²) in [7, 11) is 1.61. The molecule has 0 aromatic heterocycles. The summed E-state index contributed by atoms with van der Waals surface area (Å²) in [6, 6.07) is 3.57. The minimum absolute atomic E-state index is 0.0125. The van der Waals surface area contributed by atoms with Crippen molar-refractivity contribution in [2.45, 2.75) is 51.0 Å². The van der Waals surface area contributed by atoms with Gasteiger partial charge in [0.2, 0.25) is 5.91 Å². The largest absolute Gasteiger partial charge is 0.495 e. The molecule has 152 valence electrons. The van der Waals surface area contributed by atoms with E-state index in [9.17, 15) is 14.4 Å². The van der Waals surface area contributed by atoms with E-state index in [1.54, 1.807) is 14.0 Å². The van der Waals surface area contributed by atoms with Crippen LogP contribution in [-0.2, 0) is 9.59 Å². The average Bonchev–Trinajstić information content (AvgIpc) is 2.94. The summed E-state index contributed by atoms with van der Waals surface area (Å²) in [5.41, 5.74) is 1.16. The van der Waals surface area contributed by atoms with Crippen LogP contribution in [0.3, 0.4) is 0 Å². The quantitative estimate of drug-likeness (QED) is 0.734.